The maximum absolute atomic E-state index is 12.5. The maximum Gasteiger partial charge on any atom is 0.242 e. The van der Waals surface area contributed by atoms with Gasteiger partial charge >= 0.3 is 0 Å². The van der Waals surface area contributed by atoms with E-state index in [1.165, 1.54) is 0 Å². The van der Waals surface area contributed by atoms with Crippen molar-refractivity contribution < 1.29 is 19.1 Å². The number of ether oxygens (including phenoxy) is 2. The Hall–Kier alpha value is -3.02. The van der Waals surface area contributed by atoms with E-state index in [0.29, 0.717) is 24.7 Å². The number of nitrogens with one attached hydrogen (secondary N) is 2. The lowest BCUT2D eigenvalue weighted by Crippen LogP contribution is -2.50. The van der Waals surface area contributed by atoms with Crippen molar-refractivity contribution in [3.8, 4) is 11.5 Å². The first kappa shape index (κ1) is 21.3. The first-order valence-corrected chi connectivity index (χ1v) is 9.37. The van der Waals surface area contributed by atoms with Gasteiger partial charge < -0.3 is 20.1 Å². The number of hydrogen-bond donors (Lipinski definition) is 2. The van der Waals surface area contributed by atoms with Crippen molar-refractivity contribution in [3.05, 3.63) is 60.2 Å². The minimum absolute atomic E-state index is 0.0287. The molecule has 2 aromatic rings. The lowest BCUT2D eigenvalue weighted by molar-refractivity contribution is -0.129. The van der Waals surface area contributed by atoms with E-state index in [1.54, 1.807) is 13.2 Å². The highest BCUT2D eigenvalue weighted by atomic mass is 16.5. The standard InChI is InChI=1S/C22H28N2O4/c1-16(2)21(24-20(25)14-17-8-5-4-6-9-17)22(26)23-12-13-28-19-11-7-10-18(15-19)27-3/h4-11,15-16,21H,12-14H2,1-3H3,(H,23,26)(H,24,25). The molecule has 0 aliphatic rings. The molecule has 1 unspecified atom stereocenters. The summed E-state index contributed by atoms with van der Waals surface area (Å²) in [7, 11) is 1.59. The Morgan fingerprint density at radius 3 is 2.39 bits per heavy atom. The van der Waals surface area contributed by atoms with Gasteiger partial charge in [-0.15, -0.1) is 0 Å². The van der Waals surface area contributed by atoms with Gasteiger partial charge in [-0.1, -0.05) is 50.2 Å². The van der Waals surface area contributed by atoms with Crippen molar-refractivity contribution in [2.24, 2.45) is 5.92 Å². The Balaban J connectivity index is 1.79. The van der Waals surface area contributed by atoms with Crippen LogP contribution in [0.25, 0.3) is 0 Å². The molecule has 6 nitrogen and oxygen atoms in total. The van der Waals surface area contributed by atoms with Gasteiger partial charge in [0.15, 0.2) is 0 Å². The van der Waals surface area contributed by atoms with Gasteiger partial charge in [0, 0.05) is 6.07 Å². The molecule has 2 N–H and O–H groups in total. The zero-order valence-corrected chi connectivity index (χ0v) is 16.6. The molecule has 0 bridgehead atoms. The number of carbonyl (C=O) groups excluding carboxylic acids is 2. The van der Waals surface area contributed by atoms with E-state index in [2.05, 4.69) is 10.6 Å². The minimum Gasteiger partial charge on any atom is -0.497 e. The summed E-state index contributed by atoms with van der Waals surface area (Å²) < 4.78 is 10.8. The van der Waals surface area contributed by atoms with Crippen LogP contribution in [-0.4, -0.2) is 38.1 Å². The number of carbonyl (C=O) groups is 2. The van der Waals surface area contributed by atoms with Crippen molar-refractivity contribution in [1.82, 2.24) is 10.6 Å². The summed E-state index contributed by atoms with van der Waals surface area (Å²) in [5.41, 5.74) is 0.912. The van der Waals surface area contributed by atoms with Crippen molar-refractivity contribution in [3.63, 3.8) is 0 Å². The summed E-state index contributed by atoms with van der Waals surface area (Å²) in [4.78, 5) is 24.8. The summed E-state index contributed by atoms with van der Waals surface area (Å²) in [5, 5.41) is 5.65. The number of benzene rings is 2. The predicted octanol–water partition coefficient (Wildman–Crippen LogP) is 2.57. The molecule has 0 spiro atoms. The summed E-state index contributed by atoms with van der Waals surface area (Å²) in [6.07, 6.45) is 0.246. The summed E-state index contributed by atoms with van der Waals surface area (Å²) in [6.45, 7) is 4.47. The van der Waals surface area contributed by atoms with Gasteiger partial charge in [-0.2, -0.15) is 0 Å². The molecule has 0 aliphatic carbocycles. The molecule has 2 rings (SSSR count). The minimum atomic E-state index is -0.590. The van der Waals surface area contributed by atoms with Gasteiger partial charge in [0.1, 0.15) is 24.1 Å². The third-order valence-electron chi connectivity index (χ3n) is 4.18. The Kier molecular flexibility index (Phi) is 8.34. The van der Waals surface area contributed by atoms with Crippen LogP contribution in [0.4, 0.5) is 0 Å². The average molecular weight is 384 g/mol. The van der Waals surface area contributed by atoms with Gasteiger partial charge in [-0.05, 0) is 23.6 Å². The molecule has 0 saturated carbocycles. The maximum atomic E-state index is 12.5. The second-order valence-corrected chi connectivity index (χ2v) is 6.77. The van der Waals surface area contributed by atoms with Gasteiger partial charge in [0.2, 0.25) is 11.8 Å². The first-order valence-electron chi connectivity index (χ1n) is 9.37. The van der Waals surface area contributed by atoms with E-state index in [-0.39, 0.29) is 24.2 Å². The highest BCUT2D eigenvalue weighted by Gasteiger charge is 2.23. The van der Waals surface area contributed by atoms with Crippen molar-refractivity contribution in [1.29, 1.82) is 0 Å². The van der Waals surface area contributed by atoms with Crippen molar-refractivity contribution in [2.75, 3.05) is 20.3 Å². The van der Waals surface area contributed by atoms with E-state index < -0.39 is 6.04 Å². The Labute approximate surface area is 166 Å². The molecule has 6 heteroatoms. The third kappa shape index (κ3) is 6.95. The second-order valence-electron chi connectivity index (χ2n) is 6.77. The molecule has 0 heterocycles. The van der Waals surface area contributed by atoms with E-state index in [0.717, 1.165) is 5.56 Å². The van der Waals surface area contributed by atoms with Crippen LogP contribution in [0.5, 0.6) is 11.5 Å². The number of rotatable bonds is 10. The first-order chi connectivity index (χ1) is 13.5. The van der Waals surface area contributed by atoms with Crippen LogP contribution >= 0.6 is 0 Å². The topological polar surface area (TPSA) is 76.7 Å². The van der Waals surface area contributed by atoms with Gasteiger partial charge in [0.05, 0.1) is 20.1 Å². The number of methoxy groups -OCH3 is 1. The Morgan fingerprint density at radius 1 is 1.00 bits per heavy atom. The summed E-state index contributed by atoms with van der Waals surface area (Å²) >= 11 is 0. The normalized spacial score (nSPS) is 11.6. The van der Waals surface area contributed by atoms with Gasteiger partial charge in [-0.3, -0.25) is 9.59 Å². The van der Waals surface area contributed by atoms with E-state index in [4.69, 9.17) is 9.47 Å². The highest BCUT2D eigenvalue weighted by molar-refractivity contribution is 5.88. The van der Waals surface area contributed by atoms with Crippen LogP contribution in [0.15, 0.2) is 54.6 Å². The zero-order valence-electron chi connectivity index (χ0n) is 16.6. The fourth-order valence-electron chi connectivity index (χ4n) is 2.68. The molecule has 1 atom stereocenters. The van der Waals surface area contributed by atoms with Crippen molar-refractivity contribution in [2.45, 2.75) is 26.3 Å². The highest BCUT2D eigenvalue weighted by Crippen LogP contribution is 2.18. The molecule has 28 heavy (non-hydrogen) atoms. The molecule has 2 amide bonds. The summed E-state index contributed by atoms with van der Waals surface area (Å²) in [5.74, 6) is 0.963. The van der Waals surface area contributed by atoms with E-state index in [9.17, 15) is 9.59 Å². The lowest BCUT2D eigenvalue weighted by atomic mass is 10.0. The summed E-state index contributed by atoms with van der Waals surface area (Å²) in [6, 6.07) is 16.1. The monoisotopic (exact) mass is 384 g/mol. The molecule has 0 fully saturated rings. The molecule has 0 aliphatic heterocycles. The molecule has 0 saturated heterocycles. The van der Waals surface area contributed by atoms with Crippen molar-refractivity contribution >= 4 is 11.8 Å². The smallest absolute Gasteiger partial charge is 0.242 e. The molecule has 0 radical (unpaired) electrons. The average Bonchev–Trinajstić information content (AvgIpc) is 2.70. The van der Waals surface area contributed by atoms with Crippen LogP contribution in [0, 0.1) is 5.92 Å². The fourth-order valence-corrected chi connectivity index (χ4v) is 2.68. The second kappa shape index (κ2) is 11.0. The van der Waals surface area contributed by atoms with Gasteiger partial charge in [0.25, 0.3) is 0 Å². The molecule has 0 aromatic heterocycles. The molecule has 150 valence electrons. The SMILES string of the molecule is COc1cccc(OCCNC(=O)C(NC(=O)Cc2ccccc2)C(C)C)c1. The van der Waals surface area contributed by atoms with E-state index >= 15 is 0 Å². The molecular weight excluding hydrogens is 356 g/mol. The largest absolute Gasteiger partial charge is 0.497 e. The number of hydrogen-bond acceptors (Lipinski definition) is 4. The predicted molar refractivity (Wildman–Crippen MR) is 108 cm³/mol. The zero-order chi connectivity index (χ0) is 20.4. The molecular formula is C22H28N2O4. The Morgan fingerprint density at radius 2 is 1.71 bits per heavy atom. The van der Waals surface area contributed by atoms with Crippen LogP contribution in [-0.2, 0) is 16.0 Å². The third-order valence-corrected chi connectivity index (χ3v) is 4.18. The van der Waals surface area contributed by atoms with E-state index in [1.807, 2.05) is 62.4 Å². The number of amides is 2. The molecule has 2 aromatic carbocycles. The van der Waals surface area contributed by atoms with Crippen LogP contribution in [0.2, 0.25) is 0 Å². The van der Waals surface area contributed by atoms with Crippen LogP contribution in [0.1, 0.15) is 19.4 Å². The quantitative estimate of drug-likeness (QED) is 0.618. The van der Waals surface area contributed by atoms with Crippen LogP contribution < -0.4 is 20.1 Å². The lowest BCUT2D eigenvalue weighted by Gasteiger charge is -2.22. The van der Waals surface area contributed by atoms with Crippen LogP contribution in [0.3, 0.4) is 0 Å². The van der Waals surface area contributed by atoms with Gasteiger partial charge in [-0.25, -0.2) is 0 Å². The fraction of sp³-hybridized carbons (Fsp3) is 0.364. The Bertz CT molecular complexity index is 762.